The van der Waals surface area contributed by atoms with E-state index in [1.807, 2.05) is 0 Å². The first-order valence-electron chi connectivity index (χ1n) is 0.204. The minimum absolute atomic E-state index is 0. The molecule has 0 rings (SSSR count). The van der Waals surface area contributed by atoms with Gasteiger partial charge in [0.2, 0.25) is 0 Å². The monoisotopic (exact) mass is 126 g/mol. The van der Waals surface area contributed by atoms with E-state index in [1.165, 1.54) is 0 Å². The molecule has 0 amide bonds. The molecular formula is H2O2SiZn. The zero-order valence-corrected chi connectivity index (χ0v) is 6.08. The molecule has 0 aromatic heterocycles. The van der Waals surface area contributed by atoms with Gasteiger partial charge in [0, 0.05) is 19.5 Å². The zero-order valence-electron chi connectivity index (χ0n) is 2.12. The Balaban J connectivity index is -0.00000000500. The summed E-state index contributed by atoms with van der Waals surface area (Å²) < 4.78 is 8.06. The summed E-state index contributed by atoms with van der Waals surface area (Å²) in [6, 6.07) is 0. The maximum Gasteiger partial charge on any atom is 0.381 e. The fourth-order valence-electron chi connectivity index (χ4n) is 0. The first-order valence-corrected chi connectivity index (χ1v) is 0.612. The van der Waals surface area contributed by atoms with Crippen LogP contribution < -0.4 is 0 Å². The van der Waals surface area contributed by atoms with E-state index in [9.17, 15) is 0 Å². The Kier molecular flexibility index (Phi) is 393. The van der Waals surface area contributed by atoms with Crippen molar-refractivity contribution < 1.29 is 29.4 Å². The second-order valence-electron chi connectivity index (χ2n) is 0. The molecular weight excluding hydrogens is 125 g/mol. The van der Waals surface area contributed by atoms with Gasteiger partial charge in [-0.3, -0.25) is 0 Å². The van der Waals surface area contributed by atoms with Crippen LogP contribution in [0.25, 0.3) is 0 Å². The zero-order chi connectivity index (χ0) is 2.00. The second kappa shape index (κ2) is 67.6. The van der Waals surface area contributed by atoms with E-state index >= 15 is 0 Å². The Labute approximate surface area is 40.1 Å². The van der Waals surface area contributed by atoms with Crippen molar-refractivity contribution in [3.05, 3.63) is 0 Å². The molecule has 0 heterocycles. The van der Waals surface area contributed by atoms with Gasteiger partial charge in [-0.15, -0.1) is 0 Å². The van der Waals surface area contributed by atoms with E-state index in [1.54, 1.807) is 10.1 Å². The molecule has 0 fully saturated rings. The summed E-state index contributed by atoms with van der Waals surface area (Å²) in [5, 5.41) is 0. The van der Waals surface area contributed by atoms with Crippen LogP contribution in [0.5, 0.6) is 0 Å². The standard InChI is InChI=1S/OSi.H2O.Zn/c1-2;;/h;1H2;. The van der Waals surface area contributed by atoms with Gasteiger partial charge in [0.05, 0.1) is 0 Å². The number of rotatable bonds is 0. The molecule has 2 nitrogen and oxygen atoms in total. The van der Waals surface area contributed by atoms with Crippen LogP contribution in [0.1, 0.15) is 0 Å². The normalized spacial score (nSPS) is 1.00. The topological polar surface area (TPSA) is 48.6 Å². The fraction of sp³-hybridized carbons (Fsp3) is 0. The Morgan fingerprint density at radius 3 is 1.25 bits per heavy atom. The van der Waals surface area contributed by atoms with Crippen molar-refractivity contribution in [3.63, 3.8) is 0 Å². The van der Waals surface area contributed by atoms with Gasteiger partial charge in [-0.2, -0.15) is 0 Å². The van der Waals surface area contributed by atoms with Crippen LogP contribution in [0.4, 0.5) is 0 Å². The first kappa shape index (κ1) is 23.3. The van der Waals surface area contributed by atoms with Crippen LogP contribution in [0, 0.1) is 0 Å². The van der Waals surface area contributed by atoms with E-state index in [0.717, 1.165) is 0 Å². The van der Waals surface area contributed by atoms with Crippen LogP contribution in [-0.4, -0.2) is 15.6 Å². The summed E-state index contributed by atoms with van der Waals surface area (Å²) in [6.45, 7) is 0. The van der Waals surface area contributed by atoms with Gasteiger partial charge in [0.1, 0.15) is 0 Å². The van der Waals surface area contributed by atoms with Gasteiger partial charge in [0.15, 0.2) is 0 Å². The van der Waals surface area contributed by atoms with Crippen molar-refractivity contribution >= 4 is 10.1 Å². The third-order valence-corrected chi connectivity index (χ3v) is 0. The summed E-state index contributed by atoms with van der Waals surface area (Å²) in [6.07, 6.45) is 0. The molecule has 0 saturated heterocycles. The Bertz CT molecular complexity index is 6.00. The SMILES string of the molecule is O.O=[Si].[Zn]. The molecule has 0 aromatic rings. The third-order valence-electron chi connectivity index (χ3n) is 0. The van der Waals surface area contributed by atoms with Crippen molar-refractivity contribution in [1.82, 2.24) is 0 Å². The molecule has 0 bridgehead atoms. The Morgan fingerprint density at radius 2 is 1.25 bits per heavy atom. The molecule has 0 atom stereocenters. The van der Waals surface area contributed by atoms with Gasteiger partial charge >= 0.3 is 10.1 Å². The third kappa shape index (κ3) is 18.5. The molecule has 2 N–H and O–H groups in total. The van der Waals surface area contributed by atoms with Crippen molar-refractivity contribution in [1.29, 1.82) is 0 Å². The van der Waals surface area contributed by atoms with Crippen LogP contribution in [0.2, 0.25) is 0 Å². The predicted octanol–water partition coefficient (Wildman–Crippen LogP) is -1.33. The summed E-state index contributed by atoms with van der Waals surface area (Å²) in [7, 11) is 1.72. The van der Waals surface area contributed by atoms with Crippen LogP contribution >= 0.6 is 0 Å². The quantitative estimate of drug-likeness (QED) is 0.372. The van der Waals surface area contributed by atoms with Gasteiger partial charge in [-0.25, -0.2) is 0 Å². The Morgan fingerprint density at radius 1 is 1.25 bits per heavy atom. The molecule has 0 aromatic carbocycles. The number of hydrogen-bond acceptors (Lipinski definition) is 1. The van der Waals surface area contributed by atoms with E-state index in [2.05, 4.69) is 0 Å². The molecule has 0 aliphatic rings. The van der Waals surface area contributed by atoms with Crippen molar-refractivity contribution in [3.8, 4) is 0 Å². The number of hydrogen-bond donors (Lipinski definition) is 0. The van der Waals surface area contributed by atoms with Crippen LogP contribution in [-0.2, 0) is 23.9 Å². The molecule has 0 aliphatic carbocycles. The van der Waals surface area contributed by atoms with E-state index in [0.29, 0.717) is 0 Å². The minimum atomic E-state index is 0. The molecule has 4 heavy (non-hydrogen) atoms. The maximum absolute atomic E-state index is 8.06. The van der Waals surface area contributed by atoms with Crippen molar-refractivity contribution in [2.45, 2.75) is 0 Å². The van der Waals surface area contributed by atoms with Gasteiger partial charge < -0.3 is 9.94 Å². The average Bonchev–Trinajstić information content (AvgIpc) is 1.00. The maximum atomic E-state index is 8.06. The van der Waals surface area contributed by atoms with Gasteiger partial charge in [-0.1, -0.05) is 0 Å². The molecule has 0 aliphatic heterocycles. The molecule has 0 unspecified atom stereocenters. The van der Waals surface area contributed by atoms with E-state index < -0.39 is 0 Å². The minimum Gasteiger partial charge on any atom is -0.412 e. The summed E-state index contributed by atoms with van der Waals surface area (Å²) >= 11 is 0. The van der Waals surface area contributed by atoms with Gasteiger partial charge in [-0.05, 0) is 0 Å². The largest absolute Gasteiger partial charge is 0.412 e. The van der Waals surface area contributed by atoms with Crippen molar-refractivity contribution in [2.75, 3.05) is 0 Å². The van der Waals surface area contributed by atoms with E-state index in [4.69, 9.17) is 4.46 Å². The summed E-state index contributed by atoms with van der Waals surface area (Å²) in [5.74, 6) is 0. The fourth-order valence-corrected chi connectivity index (χ4v) is 0. The molecule has 2 radical (unpaired) electrons. The smallest absolute Gasteiger partial charge is 0.381 e. The molecule has 4 heteroatoms. The van der Waals surface area contributed by atoms with Crippen LogP contribution in [0.3, 0.4) is 0 Å². The Hall–Kier alpha value is 0.600. The predicted molar refractivity (Wildman–Crippen MR) is 10.1 cm³/mol. The van der Waals surface area contributed by atoms with Gasteiger partial charge in [0.25, 0.3) is 0 Å². The second-order valence-corrected chi connectivity index (χ2v) is 0. The molecule has 20 valence electrons. The molecule has 0 spiro atoms. The molecule has 0 saturated carbocycles. The average molecular weight is 127 g/mol. The van der Waals surface area contributed by atoms with E-state index in [-0.39, 0.29) is 25.0 Å². The summed E-state index contributed by atoms with van der Waals surface area (Å²) in [4.78, 5) is 0. The van der Waals surface area contributed by atoms with Crippen molar-refractivity contribution in [2.24, 2.45) is 0 Å². The first-order chi connectivity index (χ1) is 1.00. The summed E-state index contributed by atoms with van der Waals surface area (Å²) in [5.41, 5.74) is 0. The van der Waals surface area contributed by atoms with Crippen LogP contribution in [0.15, 0.2) is 0 Å².